The fourth-order valence-electron chi connectivity index (χ4n) is 3.88. The molecular weight excluding hydrogens is 320 g/mol. The molecule has 1 aromatic carbocycles. The molecule has 0 aromatic heterocycles. The summed E-state index contributed by atoms with van der Waals surface area (Å²) in [5.74, 6) is 1.68. The van der Waals surface area contributed by atoms with Crippen molar-refractivity contribution in [1.82, 2.24) is 0 Å². The molecule has 0 amide bonds. The average Bonchev–Trinajstić information content (AvgIpc) is 3.18. The number of benzene rings is 1. The predicted molar refractivity (Wildman–Crippen MR) is 97.3 cm³/mol. The Balaban J connectivity index is 1.47. The molecular formula is C20H26O3S. The summed E-state index contributed by atoms with van der Waals surface area (Å²) in [4.78, 5) is 11.9. The van der Waals surface area contributed by atoms with Crippen molar-refractivity contribution in [2.45, 2.75) is 55.6 Å². The zero-order valence-corrected chi connectivity index (χ0v) is 14.8. The van der Waals surface area contributed by atoms with Gasteiger partial charge in [-0.1, -0.05) is 30.4 Å². The Morgan fingerprint density at radius 2 is 1.92 bits per heavy atom. The quantitative estimate of drug-likeness (QED) is 0.397. The largest absolute Gasteiger partial charge is 0.481 e. The summed E-state index contributed by atoms with van der Waals surface area (Å²) in [5.41, 5.74) is 0. The number of allylic oxidation sites excluding steroid dienone is 2. The number of carboxylic acids is 1. The van der Waals surface area contributed by atoms with Gasteiger partial charge in [0.05, 0.1) is 12.2 Å². The van der Waals surface area contributed by atoms with Gasteiger partial charge in [-0.05, 0) is 50.2 Å². The standard InChI is InChI=1S/C20H26O3S/c21-20(22)11-7-2-1-6-10-16-17(19-13-12-18(16)23-19)14-24-15-8-4-3-5-9-15/h1,3-6,8-9,16-19H,2,7,10-14H2,(H,21,22)/t16-,17-,18-,19+/m1/s1. The molecule has 4 heteroatoms. The van der Waals surface area contributed by atoms with Crippen LogP contribution in [0, 0.1) is 11.8 Å². The van der Waals surface area contributed by atoms with Crippen LogP contribution < -0.4 is 0 Å². The second-order valence-electron chi connectivity index (χ2n) is 6.74. The van der Waals surface area contributed by atoms with E-state index in [1.165, 1.54) is 17.7 Å². The smallest absolute Gasteiger partial charge is 0.303 e. The molecule has 24 heavy (non-hydrogen) atoms. The molecule has 0 aliphatic carbocycles. The minimum atomic E-state index is -0.706. The first kappa shape index (κ1) is 17.6. The van der Waals surface area contributed by atoms with Crippen molar-refractivity contribution in [2.75, 3.05) is 5.75 Å². The fraction of sp³-hybridized carbons (Fsp3) is 0.550. The van der Waals surface area contributed by atoms with E-state index in [1.807, 2.05) is 11.8 Å². The van der Waals surface area contributed by atoms with Crippen LogP contribution in [-0.4, -0.2) is 29.0 Å². The first-order valence-electron chi connectivity index (χ1n) is 8.94. The number of carbonyl (C=O) groups is 1. The Morgan fingerprint density at radius 1 is 1.17 bits per heavy atom. The second kappa shape index (κ2) is 8.72. The third kappa shape index (κ3) is 4.64. The van der Waals surface area contributed by atoms with Gasteiger partial charge in [0.25, 0.3) is 0 Å². The number of hydrogen-bond donors (Lipinski definition) is 1. The Bertz CT molecular complexity index is 557. The maximum absolute atomic E-state index is 10.5. The molecule has 2 saturated heterocycles. The van der Waals surface area contributed by atoms with Gasteiger partial charge in [0.1, 0.15) is 0 Å². The highest BCUT2D eigenvalue weighted by molar-refractivity contribution is 7.99. The van der Waals surface area contributed by atoms with Crippen LogP contribution in [0.1, 0.15) is 38.5 Å². The van der Waals surface area contributed by atoms with E-state index in [0.29, 0.717) is 24.0 Å². The molecule has 2 aliphatic heterocycles. The van der Waals surface area contributed by atoms with Gasteiger partial charge in [-0.2, -0.15) is 0 Å². The van der Waals surface area contributed by atoms with Crippen molar-refractivity contribution in [3.63, 3.8) is 0 Å². The summed E-state index contributed by atoms with van der Waals surface area (Å²) in [6, 6.07) is 10.6. The zero-order chi connectivity index (χ0) is 16.8. The van der Waals surface area contributed by atoms with Crippen LogP contribution >= 0.6 is 11.8 Å². The molecule has 2 heterocycles. The predicted octanol–water partition coefficient (Wildman–Crippen LogP) is 4.77. The Hall–Kier alpha value is -1.26. The van der Waals surface area contributed by atoms with Crippen LogP contribution in [0.15, 0.2) is 47.4 Å². The van der Waals surface area contributed by atoms with Crippen LogP contribution in [-0.2, 0) is 9.53 Å². The van der Waals surface area contributed by atoms with Gasteiger partial charge in [-0.3, -0.25) is 4.79 Å². The first-order valence-corrected chi connectivity index (χ1v) is 9.92. The normalized spacial score (nSPS) is 28.7. The first-order chi connectivity index (χ1) is 11.7. The summed E-state index contributed by atoms with van der Waals surface area (Å²) in [7, 11) is 0. The highest BCUT2D eigenvalue weighted by Gasteiger charge is 2.47. The van der Waals surface area contributed by atoms with Gasteiger partial charge in [0, 0.05) is 23.0 Å². The summed E-state index contributed by atoms with van der Waals surface area (Å²) in [6.07, 6.45) is 10.6. The highest BCUT2D eigenvalue weighted by atomic mass is 32.2. The summed E-state index contributed by atoms with van der Waals surface area (Å²) in [5, 5.41) is 8.66. The fourth-order valence-corrected chi connectivity index (χ4v) is 5.08. The lowest BCUT2D eigenvalue weighted by molar-refractivity contribution is -0.137. The number of rotatable bonds is 9. The van der Waals surface area contributed by atoms with Crippen LogP contribution in [0.25, 0.3) is 0 Å². The van der Waals surface area contributed by atoms with Gasteiger partial charge in [-0.15, -0.1) is 11.8 Å². The molecule has 1 aromatic rings. The lowest BCUT2D eigenvalue weighted by atomic mass is 9.78. The van der Waals surface area contributed by atoms with E-state index in [4.69, 9.17) is 9.84 Å². The van der Waals surface area contributed by atoms with Gasteiger partial charge >= 0.3 is 5.97 Å². The molecule has 3 nitrogen and oxygen atoms in total. The summed E-state index contributed by atoms with van der Waals surface area (Å²) in [6.45, 7) is 0. The number of unbranched alkanes of at least 4 members (excludes halogenated alkanes) is 1. The number of fused-ring (bicyclic) bond motifs is 2. The van der Waals surface area contributed by atoms with Gasteiger partial charge in [0.2, 0.25) is 0 Å². The van der Waals surface area contributed by atoms with Crippen LogP contribution in [0.5, 0.6) is 0 Å². The molecule has 0 saturated carbocycles. The van der Waals surface area contributed by atoms with Crippen molar-refractivity contribution in [3.05, 3.63) is 42.5 Å². The van der Waals surface area contributed by atoms with E-state index >= 15 is 0 Å². The van der Waals surface area contributed by atoms with Crippen molar-refractivity contribution in [3.8, 4) is 0 Å². The van der Waals surface area contributed by atoms with E-state index in [9.17, 15) is 4.79 Å². The maximum Gasteiger partial charge on any atom is 0.303 e. The summed E-state index contributed by atoms with van der Waals surface area (Å²) >= 11 is 1.94. The SMILES string of the molecule is O=C(O)CCCC=CC[C@@H]1[C@@H](CSc2ccccc2)[C@@H]2CC[C@H]1O2. The highest BCUT2D eigenvalue weighted by Crippen LogP contribution is 2.47. The maximum atomic E-state index is 10.5. The van der Waals surface area contributed by atoms with E-state index in [1.54, 1.807) is 0 Å². The third-order valence-corrected chi connectivity index (χ3v) is 6.27. The van der Waals surface area contributed by atoms with Crippen molar-refractivity contribution in [2.24, 2.45) is 11.8 Å². The van der Waals surface area contributed by atoms with Gasteiger partial charge in [-0.25, -0.2) is 0 Å². The molecule has 2 aliphatic rings. The Kier molecular flexibility index (Phi) is 6.38. The number of ether oxygens (including phenoxy) is 1. The third-order valence-electron chi connectivity index (χ3n) is 5.11. The van der Waals surface area contributed by atoms with Gasteiger partial charge < -0.3 is 9.84 Å². The molecule has 3 rings (SSSR count). The Labute approximate surface area is 148 Å². The minimum absolute atomic E-state index is 0.262. The topological polar surface area (TPSA) is 46.5 Å². The molecule has 0 radical (unpaired) electrons. The van der Waals surface area contributed by atoms with E-state index < -0.39 is 5.97 Å². The molecule has 4 atom stereocenters. The van der Waals surface area contributed by atoms with Crippen LogP contribution in [0.2, 0.25) is 0 Å². The number of hydrogen-bond acceptors (Lipinski definition) is 3. The summed E-state index contributed by atoms with van der Waals surface area (Å²) < 4.78 is 6.17. The van der Waals surface area contributed by atoms with Crippen LogP contribution in [0.3, 0.4) is 0 Å². The Morgan fingerprint density at radius 3 is 2.67 bits per heavy atom. The van der Waals surface area contributed by atoms with Crippen molar-refractivity contribution < 1.29 is 14.6 Å². The minimum Gasteiger partial charge on any atom is -0.481 e. The zero-order valence-electron chi connectivity index (χ0n) is 14.0. The molecule has 2 bridgehead atoms. The van der Waals surface area contributed by atoms with Crippen molar-refractivity contribution in [1.29, 1.82) is 0 Å². The van der Waals surface area contributed by atoms with E-state index in [0.717, 1.165) is 25.0 Å². The molecule has 0 spiro atoms. The van der Waals surface area contributed by atoms with Crippen LogP contribution in [0.4, 0.5) is 0 Å². The van der Waals surface area contributed by atoms with Gasteiger partial charge in [0.15, 0.2) is 0 Å². The molecule has 1 N–H and O–H groups in total. The molecule has 0 unspecified atom stereocenters. The number of thioether (sulfide) groups is 1. The lowest BCUT2D eigenvalue weighted by Crippen LogP contribution is -2.28. The monoisotopic (exact) mass is 346 g/mol. The average molecular weight is 346 g/mol. The second-order valence-corrected chi connectivity index (χ2v) is 7.83. The molecule has 2 fully saturated rings. The van der Waals surface area contributed by atoms with Crippen molar-refractivity contribution >= 4 is 17.7 Å². The van der Waals surface area contributed by atoms with E-state index in [-0.39, 0.29) is 6.42 Å². The number of aliphatic carboxylic acids is 1. The van der Waals surface area contributed by atoms with E-state index in [2.05, 4.69) is 42.5 Å². The molecule has 130 valence electrons. The lowest BCUT2D eigenvalue weighted by Gasteiger charge is -2.27. The number of carboxylic acid groups (broad SMARTS) is 1.